The number of nitrogens with zero attached hydrogens (tertiary/aromatic N) is 4. The van der Waals surface area contributed by atoms with Gasteiger partial charge in [-0.25, -0.2) is 4.98 Å². The maximum atomic E-state index is 5.44. The van der Waals surface area contributed by atoms with Crippen LogP contribution in [0.1, 0.15) is 16.5 Å². The fourth-order valence-electron chi connectivity index (χ4n) is 3.61. The molecular formula is C19H26N4OS. The molecular weight excluding hydrogens is 332 g/mol. The van der Waals surface area contributed by atoms with Crippen LogP contribution in [0.2, 0.25) is 0 Å². The second kappa shape index (κ2) is 7.83. The van der Waals surface area contributed by atoms with Crippen molar-refractivity contribution < 1.29 is 4.74 Å². The molecule has 0 spiro atoms. The van der Waals surface area contributed by atoms with Gasteiger partial charge in [-0.15, -0.1) is 11.3 Å². The Hall–Kier alpha value is -1.47. The molecule has 2 aliphatic heterocycles. The van der Waals surface area contributed by atoms with Gasteiger partial charge >= 0.3 is 0 Å². The Balaban J connectivity index is 1.47. The van der Waals surface area contributed by atoms with Gasteiger partial charge in [-0.1, -0.05) is 30.3 Å². The van der Waals surface area contributed by atoms with E-state index in [9.17, 15) is 0 Å². The topological polar surface area (TPSA) is 31.8 Å². The predicted molar refractivity (Wildman–Crippen MR) is 102 cm³/mol. The van der Waals surface area contributed by atoms with Crippen LogP contribution in [-0.2, 0) is 11.3 Å². The molecule has 2 aliphatic rings. The van der Waals surface area contributed by atoms with Crippen molar-refractivity contribution in [2.75, 3.05) is 57.9 Å². The molecule has 134 valence electrons. The normalized spacial score (nSPS) is 23.1. The second-order valence-corrected chi connectivity index (χ2v) is 7.96. The first kappa shape index (κ1) is 17.0. The Morgan fingerprint density at radius 2 is 1.92 bits per heavy atom. The van der Waals surface area contributed by atoms with Crippen LogP contribution in [0.5, 0.6) is 0 Å². The highest BCUT2D eigenvalue weighted by Crippen LogP contribution is 2.30. The number of rotatable bonds is 4. The minimum Gasteiger partial charge on any atom is -0.378 e. The molecule has 0 aliphatic carbocycles. The van der Waals surface area contributed by atoms with Crippen molar-refractivity contribution in [3.05, 3.63) is 47.0 Å². The molecule has 3 heterocycles. The number of likely N-dealkylation sites (N-methyl/N-ethyl adjacent to an activating group) is 1. The first-order valence-electron chi connectivity index (χ1n) is 9.04. The van der Waals surface area contributed by atoms with Crippen LogP contribution >= 0.6 is 11.3 Å². The SMILES string of the molecule is CN1CCN(Cc2cnc(N3CCOCC3)s2)[C@@H](c2ccccc2)C1. The lowest BCUT2D eigenvalue weighted by molar-refractivity contribution is 0.0842. The summed E-state index contributed by atoms with van der Waals surface area (Å²) in [4.78, 5) is 13.4. The molecule has 4 rings (SSSR count). The third kappa shape index (κ3) is 4.03. The van der Waals surface area contributed by atoms with E-state index in [4.69, 9.17) is 4.74 Å². The maximum absolute atomic E-state index is 5.44. The summed E-state index contributed by atoms with van der Waals surface area (Å²) in [6.07, 6.45) is 2.07. The Morgan fingerprint density at radius 1 is 1.12 bits per heavy atom. The van der Waals surface area contributed by atoms with E-state index < -0.39 is 0 Å². The van der Waals surface area contributed by atoms with Crippen molar-refractivity contribution in [1.82, 2.24) is 14.8 Å². The molecule has 0 saturated carbocycles. The monoisotopic (exact) mass is 358 g/mol. The van der Waals surface area contributed by atoms with E-state index in [2.05, 4.69) is 63.3 Å². The number of benzene rings is 1. The lowest BCUT2D eigenvalue weighted by Crippen LogP contribution is -2.46. The van der Waals surface area contributed by atoms with Crippen LogP contribution in [0.25, 0.3) is 0 Å². The highest BCUT2D eigenvalue weighted by atomic mass is 32.1. The Bertz CT molecular complexity index is 671. The van der Waals surface area contributed by atoms with Crippen LogP contribution in [-0.4, -0.2) is 67.8 Å². The van der Waals surface area contributed by atoms with Gasteiger partial charge in [0.25, 0.3) is 0 Å². The van der Waals surface area contributed by atoms with Gasteiger partial charge in [0, 0.05) is 56.4 Å². The lowest BCUT2D eigenvalue weighted by Gasteiger charge is -2.40. The lowest BCUT2D eigenvalue weighted by atomic mass is 10.0. The zero-order valence-electron chi connectivity index (χ0n) is 14.8. The molecule has 1 aromatic carbocycles. The third-order valence-electron chi connectivity index (χ3n) is 5.06. The van der Waals surface area contributed by atoms with E-state index in [1.165, 1.54) is 10.4 Å². The van der Waals surface area contributed by atoms with Gasteiger partial charge in [0.15, 0.2) is 5.13 Å². The van der Waals surface area contributed by atoms with Gasteiger partial charge in [-0.05, 0) is 12.6 Å². The minimum absolute atomic E-state index is 0.453. The zero-order chi connectivity index (χ0) is 17.1. The van der Waals surface area contributed by atoms with Crippen molar-refractivity contribution >= 4 is 16.5 Å². The number of piperazine rings is 1. The first-order valence-corrected chi connectivity index (χ1v) is 9.86. The summed E-state index contributed by atoms with van der Waals surface area (Å²) in [5.41, 5.74) is 1.41. The van der Waals surface area contributed by atoms with Crippen molar-refractivity contribution in [3.63, 3.8) is 0 Å². The van der Waals surface area contributed by atoms with Gasteiger partial charge in [-0.2, -0.15) is 0 Å². The van der Waals surface area contributed by atoms with E-state index in [0.29, 0.717) is 6.04 Å². The number of aromatic nitrogens is 1. The van der Waals surface area contributed by atoms with Gasteiger partial charge in [-0.3, -0.25) is 4.90 Å². The fraction of sp³-hybridized carbons (Fsp3) is 0.526. The summed E-state index contributed by atoms with van der Waals surface area (Å²) in [5.74, 6) is 0. The van der Waals surface area contributed by atoms with Gasteiger partial charge in [0.2, 0.25) is 0 Å². The fourth-order valence-corrected chi connectivity index (χ4v) is 4.60. The first-order chi connectivity index (χ1) is 12.3. The average molecular weight is 359 g/mol. The average Bonchev–Trinajstić information content (AvgIpc) is 3.13. The number of hydrogen-bond donors (Lipinski definition) is 0. The highest BCUT2D eigenvalue weighted by Gasteiger charge is 2.27. The summed E-state index contributed by atoms with van der Waals surface area (Å²) < 4.78 is 5.44. The van der Waals surface area contributed by atoms with E-state index in [-0.39, 0.29) is 0 Å². The molecule has 2 fully saturated rings. The van der Waals surface area contributed by atoms with E-state index in [1.54, 1.807) is 0 Å². The number of hydrogen-bond acceptors (Lipinski definition) is 6. The number of thiazole rings is 1. The van der Waals surface area contributed by atoms with Crippen molar-refractivity contribution in [2.45, 2.75) is 12.6 Å². The molecule has 1 aromatic heterocycles. The molecule has 0 unspecified atom stereocenters. The molecule has 0 amide bonds. The molecule has 0 N–H and O–H groups in total. The Morgan fingerprint density at radius 3 is 2.72 bits per heavy atom. The number of ether oxygens (including phenoxy) is 1. The number of anilines is 1. The second-order valence-electron chi connectivity index (χ2n) is 6.87. The van der Waals surface area contributed by atoms with Crippen molar-refractivity contribution in [2.24, 2.45) is 0 Å². The summed E-state index contributed by atoms with van der Waals surface area (Å²) in [7, 11) is 2.22. The van der Waals surface area contributed by atoms with Crippen LogP contribution in [0.4, 0.5) is 5.13 Å². The minimum atomic E-state index is 0.453. The van der Waals surface area contributed by atoms with Crippen LogP contribution in [0.3, 0.4) is 0 Å². The number of morpholine rings is 1. The van der Waals surface area contributed by atoms with Crippen LogP contribution in [0.15, 0.2) is 36.5 Å². The summed E-state index contributed by atoms with van der Waals surface area (Å²) >= 11 is 1.84. The summed E-state index contributed by atoms with van der Waals surface area (Å²) in [6, 6.07) is 11.3. The molecule has 25 heavy (non-hydrogen) atoms. The van der Waals surface area contributed by atoms with E-state index in [0.717, 1.165) is 57.6 Å². The molecule has 6 heteroatoms. The summed E-state index contributed by atoms with van der Waals surface area (Å²) in [6.45, 7) is 7.81. The molecule has 0 bridgehead atoms. The van der Waals surface area contributed by atoms with Crippen LogP contribution < -0.4 is 4.90 Å². The molecule has 2 saturated heterocycles. The molecule has 0 radical (unpaired) electrons. The van der Waals surface area contributed by atoms with Gasteiger partial charge in [0.05, 0.1) is 13.2 Å². The third-order valence-corrected chi connectivity index (χ3v) is 6.10. The quantitative estimate of drug-likeness (QED) is 0.838. The van der Waals surface area contributed by atoms with Gasteiger partial charge < -0.3 is 14.5 Å². The van der Waals surface area contributed by atoms with E-state index >= 15 is 0 Å². The Kier molecular flexibility index (Phi) is 5.31. The van der Waals surface area contributed by atoms with E-state index in [1.807, 2.05) is 11.3 Å². The zero-order valence-corrected chi connectivity index (χ0v) is 15.6. The molecule has 5 nitrogen and oxygen atoms in total. The Labute approximate surface area is 153 Å². The van der Waals surface area contributed by atoms with Crippen molar-refractivity contribution in [1.29, 1.82) is 0 Å². The smallest absolute Gasteiger partial charge is 0.185 e. The largest absolute Gasteiger partial charge is 0.378 e. The standard InChI is InChI=1S/C19H26N4OS/c1-21-7-8-23(18(15-21)16-5-3-2-4-6-16)14-17-13-20-19(25-17)22-9-11-24-12-10-22/h2-6,13,18H,7-12,14-15H2,1H3/t18-/m1/s1. The van der Waals surface area contributed by atoms with Crippen molar-refractivity contribution in [3.8, 4) is 0 Å². The maximum Gasteiger partial charge on any atom is 0.185 e. The molecule has 2 aromatic rings. The van der Waals surface area contributed by atoms with Crippen LogP contribution in [0, 0.1) is 0 Å². The summed E-state index contributed by atoms with van der Waals surface area (Å²) in [5, 5.41) is 1.14. The predicted octanol–water partition coefficient (Wildman–Crippen LogP) is 2.47. The van der Waals surface area contributed by atoms with Gasteiger partial charge in [0.1, 0.15) is 0 Å². The highest BCUT2D eigenvalue weighted by molar-refractivity contribution is 7.15. The molecule has 1 atom stereocenters.